The van der Waals surface area contributed by atoms with Gasteiger partial charge in [0.05, 0.1) is 0 Å². The number of hydrogen-bond donors (Lipinski definition) is 1. The normalized spacial score (nSPS) is 30.8. The highest BCUT2D eigenvalue weighted by Gasteiger charge is 2.57. The van der Waals surface area contributed by atoms with E-state index in [2.05, 4.69) is 12.6 Å². The molecule has 0 radical (unpaired) electrons. The Bertz CT molecular complexity index is 1070. The maximum absolute atomic E-state index is 12.3. The van der Waals surface area contributed by atoms with Crippen molar-refractivity contribution in [3.8, 4) is 0 Å². The summed E-state index contributed by atoms with van der Waals surface area (Å²) >= 11 is 5.66. The first-order valence-electron chi connectivity index (χ1n) is 14.4. The van der Waals surface area contributed by atoms with E-state index < -0.39 is 104 Å². The van der Waals surface area contributed by atoms with E-state index in [1.165, 1.54) is 18.9 Å². The zero-order valence-electron chi connectivity index (χ0n) is 26.7. The van der Waals surface area contributed by atoms with Gasteiger partial charge in [-0.1, -0.05) is 0 Å². The summed E-state index contributed by atoms with van der Waals surface area (Å²) in [5.74, 6) is -3.08. The van der Waals surface area contributed by atoms with Gasteiger partial charge in [-0.3, -0.25) is 28.8 Å². The van der Waals surface area contributed by atoms with E-state index in [1.807, 2.05) is 0 Å². The lowest BCUT2D eigenvalue weighted by molar-refractivity contribution is -0.355. The minimum Gasteiger partial charge on any atom is -0.463 e. The molecule has 0 saturated carbocycles. The van der Waals surface area contributed by atoms with Crippen LogP contribution in [0.4, 0.5) is 0 Å². The van der Waals surface area contributed by atoms with E-state index in [0.717, 1.165) is 48.0 Å². The molecule has 2 rings (SSSR count). The molecule has 0 amide bonds. The highest BCUT2D eigenvalue weighted by Crippen LogP contribution is 2.36. The Labute approximate surface area is 276 Å². The number of hydrogen-bond acceptors (Lipinski definition) is 18. The van der Waals surface area contributed by atoms with E-state index in [4.69, 9.17) is 47.4 Å². The van der Waals surface area contributed by atoms with Gasteiger partial charge in [-0.05, 0) is 17.9 Å². The van der Waals surface area contributed by atoms with Gasteiger partial charge in [-0.15, -0.1) is 0 Å². The molecule has 0 unspecified atom stereocenters. The minimum absolute atomic E-state index is 0.212. The number of carbonyl (C=O) groups is 6. The molecule has 262 valence electrons. The Hall–Kier alpha value is -2.64. The summed E-state index contributed by atoms with van der Waals surface area (Å²) in [6.45, 7) is 6.31. The Balaban J connectivity index is 2.66. The van der Waals surface area contributed by atoms with Gasteiger partial charge in [-0.25, -0.2) is 0 Å². The summed E-state index contributed by atoms with van der Waals surface area (Å²) in [4.78, 5) is 72.9. The molecule has 0 aromatic rings. The van der Waals surface area contributed by atoms with Crippen LogP contribution in [0.1, 0.15) is 48.0 Å². The summed E-state index contributed by atoms with van der Waals surface area (Å²) in [7, 11) is 1.26. The molecule has 2 fully saturated rings. The molecule has 0 aromatic carbocycles. The molecule has 0 spiro atoms. The van der Waals surface area contributed by atoms with Crippen molar-refractivity contribution in [3.05, 3.63) is 0 Å². The van der Waals surface area contributed by atoms with Gasteiger partial charge in [0.25, 0.3) is 0 Å². The second-order valence-electron chi connectivity index (χ2n) is 10.2. The van der Waals surface area contributed by atoms with Crippen LogP contribution in [0.2, 0.25) is 0 Å². The lowest BCUT2D eigenvalue weighted by Gasteiger charge is -2.48. The fourth-order valence-corrected chi connectivity index (χ4v) is 6.22. The third-order valence-corrected chi connectivity index (χ3v) is 7.85. The lowest BCUT2D eigenvalue weighted by Crippen LogP contribution is -2.67. The molecule has 16 nitrogen and oxygen atoms in total. The van der Waals surface area contributed by atoms with Gasteiger partial charge in [-0.2, -0.15) is 24.4 Å². The summed E-state index contributed by atoms with van der Waals surface area (Å²) in [5.41, 5.74) is 0. The number of carbonyl (C=O) groups excluding carboxylic acids is 6. The van der Waals surface area contributed by atoms with Crippen molar-refractivity contribution in [2.45, 2.75) is 109 Å². The SMILES string of the molecule is CO[C@@H]1O[C@H](COC(C)=O)[C@H](O[C@@H]2O[C@H](CSCCCS)[C@H](OC(C)=O)[C@H](OC(C)=O)[C@H]2OC(C)=O)[C@H](OC(C)=O)[C@H]1OC(C)=O. The molecule has 2 aliphatic heterocycles. The average molecular weight is 699 g/mol. The van der Waals surface area contributed by atoms with Gasteiger partial charge in [0, 0.05) is 54.4 Å². The Morgan fingerprint density at radius 2 is 1.07 bits per heavy atom. The van der Waals surface area contributed by atoms with E-state index in [-0.39, 0.29) is 5.75 Å². The molecule has 2 heterocycles. The molecule has 2 saturated heterocycles. The van der Waals surface area contributed by atoms with Crippen molar-refractivity contribution in [3.63, 3.8) is 0 Å². The lowest BCUT2D eigenvalue weighted by atomic mass is 9.96. The van der Waals surface area contributed by atoms with Crippen LogP contribution in [0, 0.1) is 0 Å². The first-order chi connectivity index (χ1) is 21.7. The standard InChI is InChI=1S/C28H42O16S2/c1-13(29)36-11-19-21(23(38-15(3)31)25(40-17(5)33)27(35-7)42-19)44-28-26(41-18(6)34)24(39-16(4)32)22(37-14(2)30)20(43-28)12-46-10-8-9-45/h19-28,45H,8-12H2,1-7H3/t19-,20-,21+,22+,23+,24+,25-,26-,27-,28+/m1/s1. The van der Waals surface area contributed by atoms with Crippen LogP contribution in [-0.2, 0) is 76.1 Å². The predicted molar refractivity (Wildman–Crippen MR) is 159 cm³/mol. The van der Waals surface area contributed by atoms with Gasteiger partial charge in [0.2, 0.25) is 0 Å². The van der Waals surface area contributed by atoms with Crippen molar-refractivity contribution in [1.82, 2.24) is 0 Å². The number of methoxy groups -OCH3 is 1. The molecule has 0 bridgehead atoms. The predicted octanol–water partition coefficient (Wildman–Crippen LogP) is 0.743. The molecule has 10 atom stereocenters. The van der Waals surface area contributed by atoms with Gasteiger partial charge >= 0.3 is 35.8 Å². The molecular formula is C28H42O16S2. The zero-order chi connectivity index (χ0) is 34.6. The average Bonchev–Trinajstić information content (AvgIpc) is 2.94. The van der Waals surface area contributed by atoms with Crippen LogP contribution in [0.25, 0.3) is 0 Å². The van der Waals surface area contributed by atoms with Crippen molar-refractivity contribution in [2.75, 3.05) is 31.0 Å². The number of thiol groups is 1. The number of thioether (sulfide) groups is 1. The maximum Gasteiger partial charge on any atom is 0.303 e. The van der Waals surface area contributed by atoms with Crippen molar-refractivity contribution in [1.29, 1.82) is 0 Å². The summed E-state index contributed by atoms with van der Waals surface area (Å²) in [6, 6.07) is 0. The van der Waals surface area contributed by atoms with Crippen molar-refractivity contribution < 1.29 is 76.1 Å². The third-order valence-electron chi connectivity index (χ3n) is 6.40. The quantitative estimate of drug-likeness (QED) is 0.109. The number of ether oxygens (including phenoxy) is 10. The van der Waals surface area contributed by atoms with Crippen LogP contribution in [0.5, 0.6) is 0 Å². The van der Waals surface area contributed by atoms with Crippen LogP contribution in [0.3, 0.4) is 0 Å². The highest BCUT2D eigenvalue weighted by atomic mass is 32.2. The summed E-state index contributed by atoms with van der Waals surface area (Å²) < 4.78 is 56.6. The fourth-order valence-electron chi connectivity index (χ4n) is 4.83. The molecule has 46 heavy (non-hydrogen) atoms. The van der Waals surface area contributed by atoms with Gasteiger partial charge in [0.15, 0.2) is 43.1 Å². The van der Waals surface area contributed by atoms with E-state index in [0.29, 0.717) is 11.5 Å². The zero-order valence-corrected chi connectivity index (χ0v) is 28.4. The first kappa shape index (κ1) is 39.5. The van der Waals surface area contributed by atoms with Gasteiger partial charge in [0.1, 0.15) is 24.9 Å². The van der Waals surface area contributed by atoms with Crippen molar-refractivity contribution in [2.24, 2.45) is 0 Å². The summed E-state index contributed by atoms with van der Waals surface area (Å²) in [6.07, 6.45) is -12.8. The van der Waals surface area contributed by atoms with Crippen LogP contribution >= 0.6 is 24.4 Å². The van der Waals surface area contributed by atoms with Crippen LogP contribution in [-0.4, -0.2) is 128 Å². The van der Waals surface area contributed by atoms with E-state index >= 15 is 0 Å². The highest BCUT2D eigenvalue weighted by molar-refractivity contribution is 7.99. The Morgan fingerprint density at radius 3 is 1.54 bits per heavy atom. The Kier molecular flexibility index (Phi) is 16.5. The second kappa shape index (κ2) is 19.2. The second-order valence-corrected chi connectivity index (χ2v) is 11.8. The maximum atomic E-state index is 12.3. The minimum atomic E-state index is -1.58. The molecule has 0 aromatic heterocycles. The topological polar surface area (TPSA) is 195 Å². The Morgan fingerprint density at radius 1 is 0.609 bits per heavy atom. The molecule has 18 heteroatoms. The van der Waals surface area contributed by atoms with E-state index in [1.54, 1.807) is 0 Å². The molecule has 0 aliphatic carbocycles. The largest absolute Gasteiger partial charge is 0.463 e. The van der Waals surface area contributed by atoms with Crippen LogP contribution < -0.4 is 0 Å². The van der Waals surface area contributed by atoms with Gasteiger partial charge < -0.3 is 47.4 Å². The molecular weight excluding hydrogens is 656 g/mol. The van der Waals surface area contributed by atoms with Crippen molar-refractivity contribution >= 4 is 60.2 Å². The fraction of sp³-hybridized carbons (Fsp3) is 0.786. The van der Waals surface area contributed by atoms with E-state index in [9.17, 15) is 28.8 Å². The monoisotopic (exact) mass is 698 g/mol. The number of rotatable bonds is 15. The smallest absolute Gasteiger partial charge is 0.303 e. The van der Waals surface area contributed by atoms with Crippen LogP contribution in [0.15, 0.2) is 0 Å². The molecule has 0 N–H and O–H groups in total. The summed E-state index contributed by atoms with van der Waals surface area (Å²) in [5, 5.41) is 0. The molecule has 2 aliphatic rings. The first-order valence-corrected chi connectivity index (χ1v) is 16.1. The third kappa shape index (κ3) is 12.2. The number of esters is 6.